The summed E-state index contributed by atoms with van der Waals surface area (Å²) in [7, 11) is 0. The Bertz CT molecular complexity index is 677. The van der Waals surface area contributed by atoms with Gasteiger partial charge in [-0.1, -0.05) is 95.3 Å². The molecule has 28 heavy (non-hydrogen) atoms. The van der Waals surface area contributed by atoms with E-state index in [2.05, 4.69) is 34.6 Å². The van der Waals surface area contributed by atoms with Crippen LogP contribution in [0.25, 0.3) is 0 Å². The molecule has 1 aliphatic carbocycles. The van der Waals surface area contributed by atoms with Crippen molar-refractivity contribution in [2.45, 2.75) is 73.5 Å². The first-order chi connectivity index (χ1) is 12.8. The first-order valence-electron chi connectivity index (χ1n) is 10.3. The molecular formula is C26H38O2. The van der Waals surface area contributed by atoms with E-state index in [1.165, 1.54) is 0 Å². The second-order valence-electron chi connectivity index (χ2n) is 10.1. The van der Waals surface area contributed by atoms with Gasteiger partial charge in [0.25, 0.3) is 0 Å². The van der Waals surface area contributed by atoms with Gasteiger partial charge in [-0.3, -0.25) is 0 Å². The molecule has 0 aliphatic heterocycles. The van der Waals surface area contributed by atoms with Gasteiger partial charge in [0, 0.05) is 0 Å². The van der Waals surface area contributed by atoms with Crippen LogP contribution in [-0.2, 0) is 21.0 Å². The van der Waals surface area contributed by atoms with Gasteiger partial charge in [-0.05, 0) is 55.6 Å². The van der Waals surface area contributed by atoms with Gasteiger partial charge >= 0.3 is 0 Å². The highest BCUT2D eigenvalue weighted by atomic mass is 17.2. The zero-order chi connectivity index (χ0) is 21.2. The summed E-state index contributed by atoms with van der Waals surface area (Å²) in [6.07, 6.45) is 0. The second-order valence-corrected chi connectivity index (χ2v) is 10.1. The molecule has 2 aromatic rings. The van der Waals surface area contributed by atoms with Gasteiger partial charge in [0.1, 0.15) is 11.2 Å². The van der Waals surface area contributed by atoms with E-state index >= 15 is 0 Å². The van der Waals surface area contributed by atoms with Crippen LogP contribution in [0.2, 0.25) is 0 Å². The molecule has 0 aromatic heterocycles. The molecule has 0 unspecified atom stereocenters. The van der Waals surface area contributed by atoms with Gasteiger partial charge in [0.05, 0.1) is 0 Å². The van der Waals surface area contributed by atoms with E-state index in [9.17, 15) is 0 Å². The van der Waals surface area contributed by atoms with Gasteiger partial charge in [-0.2, -0.15) is 0 Å². The zero-order valence-electron chi connectivity index (χ0n) is 19.2. The fourth-order valence-corrected chi connectivity index (χ4v) is 3.51. The molecule has 0 amide bonds. The molecule has 1 fully saturated rings. The number of rotatable bonds is 5. The predicted molar refractivity (Wildman–Crippen MR) is 118 cm³/mol. The molecule has 0 spiro atoms. The average Bonchev–Trinajstić information content (AvgIpc) is 3.03. The lowest BCUT2D eigenvalue weighted by Gasteiger charge is -2.31. The second kappa shape index (κ2) is 8.00. The summed E-state index contributed by atoms with van der Waals surface area (Å²) >= 11 is 0. The maximum absolute atomic E-state index is 5.73. The smallest absolute Gasteiger partial charge is 0.123 e. The van der Waals surface area contributed by atoms with E-state index in [1.54, 1.807) is 0 Å². The van der Waals surface area contributed by atoms with E-state index < -0.39 is 11.2 Å². The van der Waals surface area contributed by atoms with E-state index in [0.717, 1.165) is 17.0 Å². The van der Waals surface area contributed by atoms with Crippen LogP contribution in [0.5, 0.6) is 0 Å². The number of hydrogen-bond acceptors (Lipinski definition) is 2. The predicted octanol–water partition coefficient (Wildman–Crippen LogP) is 7.49. The van der Waals surface area contributed by atoms with Crippen LogP contribution in [0, 0.1) is 16.7 Å². The van der Waals surface area contributed by atoms with Crippen molar-refractivity contribution in [3.8, 4) is 0 Å². The molecule has 0 radical (unpaired) electrons. The van der Waals surface area contributed by atoms with Crippen LogP contribution in [0.1, 0.15) is 73.4 Å². The minimum absolute atomic E-state index is 0.493. The molecule has 2 heteroatoms. The monoisotopic (exact) mass is 382 g/mol. The van der Waals surface area contributed by atoms with Gasteiger partial charge in [-0.15, -0.1) is 0 Å². The summed E-state index contributed by atoms with van der Waals surface area (Å²) in [6, 6.07) is 20.2. The van der Waals surface area contributed by atoms with Crippen molar-refractivity contribution >= 4 is 0 Å². The largest absolute Gasteiger partial charge is 0.225 e. The highest BCUT2D eigenvalue weighted by Crippen LogP contribution is 2.67. The van der Waals surface area contributed by atoms with Crippen molar-refractivity contribution in [3.05, 3.63) is 71.8 Å². The first kappa shape index (κ1) is 22.6. The highest BCUT2D eigenvalue weighted by Gasteiger charge is 2.61. The van der Waals surface area contributed by atoms with Crippen molar-refractivity contribution in [1.29, 1.82) is 0 Å². The Morgan fingerprint density at radius 1 is 0.607 bits per heavy atom. The van der Waals surface area contributed by atoms with Crippen LogP contribution < -0.4 is 0 Å². The average molecular weight is 383 g/mol. The van der Waals surface area contributed by atoms with E-state index in [0.29, 0.717) is 10.8 Å². The van der Waals surface area contributed by atoms with Crippen molar-refractivity contribution in [3.63, 3.8) is 0 Å². The normalized spacial score (nSPS) is 18.2. The quantitative estimate of drug-likeness (QED) is 0.394. The fourth-order valence-electron chi connectivity index (χ4n) is 3.51. The van der Waals surface area contributed by atoms with E-state index in [-0.39, 0.29) is 0 Å². The third-order valence-corrected chi connectivity index (χ3v) is 7.14. The maximum Gasteiger partial charge on any atom is 0.123 e. The Kier molecular flexibility index (Phi) is 6.47. The Labute approximate surface area is 172 Å². The molecule has 154 valence electrons. The Hall–Kier alpha value is -1.64. The molecular weight excluding hydrogens is 344 g/mol. The van der Waals surface area contributed by atoms with E-state index in [4.69, 9.17) is 9.78 Å². The maximum atomic E-state index is 5.73. The number of benzene rings is 2. The Morgan fingerprint density at radius 3 is 1.07 bits per heavy atom. The van der Waals surface area contributed by atoms with Gasteiger partial charge in [0.15, 0.2) is 0 Å². The third kappa shape index (κ3) is 4.85. The lowest BCUT2D eigenvalue weighted by atomic mass is 9.98. The molecule has 1 aliphatic rings. The van der Waals surface area contributed by atoms with E-state index in [1.807, 2.05) is 88.4 Å². The summed E-state index contributed by atoms with van der Waals surface area (Å²) < 4.78 is 0. The fraction of sp³-hybridized carbons (Fsp3) is 0.538. The number of hydrogen-bond donors (Lipinski definition) is 0. The minimum atomic E-state index is -0.493. The van der Waals surface area contributed by atoms with Crippen LogP contribution >= 0.6 is 0 Å². The molecule has 1 saturated carbocycles. The summed E-state index contributed by atoms with van der Waals surface area (Å²) in [4.78, 5) is 11.5. The topological polar surface area (TPSA) is 18.5 Å². The third-order valence-electron chi connectivity index (χ3n) is 7.14. The van der Waals surface area contributed by atoms with Gasteiger partial charge < -0.3 is 0 Å². The zero-order valence-corrected chi connectivity index (χ0v) is 19.2. The van der Waals surface area contributed by atoms with Crippen LogP contribution in [0.4, 0.5) is 0 Å². The summed E-state index contributed by atoms with van der Waals surface area (Å²) in [6.45, 7) is 19.7. The van der Waals surface area contributed by atoms with Crippen LogP contribution in [0.15, 0.2) is 60.7 Å². The molecule has 2 aromatic carbocycles. The van der Waals surface area contributed by atoms with Crippen molar-refractivity contribution < 1.29 is 9.78 Å². The molecule has 0 heterocycles. The summed E-state index contributed by atoms with van der Waals surface area (Å²) in [5.41, 5.74) is 2.40. The molecule has 3 rings (SSSR count). The molecule has 0 N–H and O–H groups in total. The molecule has 2 nitrogen and oxygen atoms in total. The first-order valence-corrected chi connectivity index (χ1v) is 10.3. The van der Waals surface area contributed by atoms with Crippen molar-refractivity contribution in [2.75, 3.05) is 0 Å². The lowest BCUT2D eigenvalue weighted by molar-refractivity contribution is -0.410. The Balaban J connectivity index is 0.000000292. The Morgan fingerprint density at radius 2 is 0.857 bits per heavy atom. The van der Waals surface area contributed by atoms with Crippen LogP contribution in [0.3, 0.4) is 0 Å². The molecule has 0 saturated heterocycles. The summed E-state index contributed by atoms with van der Waals surface area (Å²) in [5.74, 6) is 0.912. The van der Waals surface area contributed by atoms with Crippen LogP contribution in [-0.4, -0.2) is 0 Å². The van der Waals surface area contributed by atoms with Crippen molar-refractivity contribution in [1.82, 2.24) is 0 Å². The SMILES string of the molecule is CC(C)(OOC(C)(C)c1ccccc1)c1ccccc1.CC1C(C)(C)C1(C)C. The summed E-state index contributed by atoms with van der Waals surface area (Å²) in [5, 5.41) is 0. The van der Waals surface area contributed by atoms with Gasteiger partial charge in [0.2, 0.25) is 0 Å². The standard InChI is InChI=1S/C18H22O2.C8H16/c1-17(2,15-11-7-5-8-12-15)19-20-18(3,4)16-13-9-6-10-14-16;1-6-7(2,3)8(6,4)5/h5-14H,1-4H3;6H,1-5H3. The molecule has 0 atom stereocenters. The van der Waals surface area contributed by atoms with Crippen molar-refractivity contribution in [2.24, 2.45) is 16.7 Å². The minimum Gasteiger partial charge on any atom is -0.225 e. The molecule has 0 bridgehead atoms. The van der Waals surface area contributed by atoms with Gasteiger partial charge in [-0.25, -0.2) is 9.78 Å². The lowest BCUT2D eigenvalue weighted by Crippen LogP contribution is -2.29. The highest BCUT2D eigenvalue weighted by molar-refractivity contribution is 5.22.